The van der Waals surface area contributed by atoms with Gasteiger partial charge in [-0.3, -0.25) is 14.4 Å². The standard InChI is InChI=1S/C75H130O6/c1-4-7-10-13-16-19-22-25-28-31-33-35-36-37-38-40-41-44-47-50-53-56-59-62-65-68-74(77)80-71-72(70-79-73(76)67-64-61-58-55-52-49-46-43-30-27-24-21-18-15-12-9-6-3)81-75(78)69-66-63-60-57-54-51-48-45-42-39-34-32-29-26-23-20-17-14-11-8-5-2/h9,12,18,21-23,25-27,30-34,36-37,72H,4-8,10-11,13-17,19-20,24,28-29,35,38-71H2,1-3H3/b12-9-,21-18-,25-22-,26-23-,30-27-,33-31-,34-32-,37-36-. The highest BCUT2D eigenvalue weighted by Crippen LogP contribution is 2.17. The molecule has 0 aromatic rings. The number of carbonyl (C=O) groups excluding carboxylic acids is 3. The summed E-state index contributed by atoms with van der Waals surface area (Å²) in [6, 6.07) is 0. The van der Waals surface area contributed by atoms with Crippen LogP contribution in [0.2, 0.25) is 0 Å². The molecule has 0 fully saturated rings. The Morgan fingerprint density at radius 1 is 0.259 bits per heavy atom. The van der Waals surface area contributed by atoms with E-state index in [0.29, 0.717) is 19.3 Å². The van der Waals surface area contributed by atoms with E-state index >= 15 is 0 Å². The fourth-order valence-corrected chi connectivity index (χ4v) is 9.85. The Kier molecular flexibility index (Phi) is 65.7. The lowest BCUT2D eigenvalue weighted by atomic mass is 10.0. The van der Waals surface area contributed by atoms with Crippen LogP contribution >= 0.6 is 0 Å². The lowest BCUT2D eigenvalue weighted by molar-refractivity contribution is -0.167. The Bertz CT molecular complexity index is 1580. The van der Waals surface area contributed by atoms with Gasteiger partial charge in [0.05, 0.1) is 0 Å². The predicted molar refractivity (Wildman–Crippen MR) is 353 cm³/mol. The molecule has 0 saturated heterocycles. The van der Waals surface area contributed by atoms with Gasteiger partial charge in [0.15, 0.2) is 6.10 Å². The summed E-state index contributed by atoms with van der Waals surface area (Å²) in [6.45, 7) is 6.53. The topological polar surface area (TPSA) is 78.9 Å². The zero-order valence-electron chi connectivity index (χ0n) is 53.5. The van der Waals surface area contributed by atoms with Crippen LogP contribution in [-0.2, 0) is 28.6 Å². The SMILES string of the molecule is CC/C=C\C/C=C\C/C=C\CCCCCCCCCC(=O)OCC(COC(=O)CCCCCCCCCCCC/C=C\C/C=C\C/C=C\CCCCCCC)OC(=O)CCCCCCCCCCC/C=C\C/C=C\CCCCCCC. The molecule has 0 aliphatic rings. The molecule has 81 heavy (non-hydrogen) atoms. The van der Waals surface area contributed by atoms with E-state index in [0.717, 1.165) is 103 Å². The Morgan fingerprint density at radius 3 is 0.753 bits per heavy atom. The van der Waals surface area contributed by atoms with E-state index in [9.17, 15) is 14.4 Å². The maximum Gasteiger partial charge on any atom is 0.306 e. The number of allylic oxidation sites excluding steroid dienone is 16. The third kappa shape index (κ3) is 67.0. The molecule has 6 heteroatoms. The second-order valence-corrected chi connectivity index (χ2v) is 23.1. The average molecular weight is 1130 g/mol. The van der Waals surface area contributed by atoms with Crippen molar-refractivity contribution in [1.82, 2.24) is 0 Å². The third-order valence-electron chi connectivity index (χ3n) is 15.0. The zero-order valence-corrected chi connectivity index (χ0v) is 53.5. The molecule has 0 radical (unpaired) electrons. The fraction of sp³-hybridized carbons (Fsp3) is 0.747. The highest BCUT2D eigenvalue weighted by atomic mass is 16.6. The summed E-state index contributed by atoms with van der Waals surface area (Å²) in [5, 5.41) is 0. The second-order valence-electron chi connectivity index (χ2n) is 23.1. The molecule has 0 aromatic carbocycles. The minimum absolute atomic E-state index is 0.0837. The molecular weight excluding hydrogens is 997 g/mol. The van der Waals surface area contributed by atoms with Crippen molar-refractivity contribution in [3.8, 4) is 0 Å². The van der Waals surface area contributed by atoms with Gasteiger partial charge in [-0.15, -0.1) is 0 Å². The molecule has 6 nitrogen and oxygen atoms in total. The summed E-state index contributed by atoms with van der Waals surface area (Å²) < 4.78 is 17.0. The Labute approximate surface area is 502 Å². The summed E-state index contributed by atoms with van der Waals surface area (Å²) in [6.07, 6.45) is 92.7. The van der Waals surface area contributed by atoms with Gasteiger partial charge in [0, 0.05) is 19.3 Å². The normalized spacial score (nSPS) is 12.7. The van der Waals surface area contributed by atoms with E-state index in [1.54, 1.807) is 0 Å². The maximum absolute atomic E-state index is 13.0. The van der Waals surface area contributed by atoms with Crippen LogP contribution in [0.3, 0.4) is 0 Å². The van der Waals surface area contributed by atoms with Gasteiger partial charge >= 0.3 is 17.9 Å². The molecule has 1 atom stereocenters. The highest BCUT2D eigenvalue weighted by molar-refractivity contribution is 5.71. The number of hydrogen-bond acceptors (Lipinski definition) is 6. The molecule has 0 aromatic heterocycles. The molecule has 0 heterocycles. The first-order valence-electron chi connectivity index (χ1n) is 34.7. The van der Waals surface area contributed by atoms with Crippen LogP contribution < -0.4 is 0 Å². The number of rotatable bonds is 63. The van der Waals surface area contributed by atoms with Crippen LogP contribution in [-0.4, -0.2) is 37.2 Å². The van der Waals surface area contributed by atoms with Crippen molar-refractivity contribution >= 4 is 17.9 Å². The van der Waals surface area contributed by atoms with Crippen molar-refractivity contribution in [1.29, 1.82) is 0 Å². The van der Waals surface area contributed by atoms with Crippen molar-refractivity contribution < 1.29 is 28.6 Å². The van der Waals surface area contributed by atoms with E-state index in [1.165, 1.54) is 199 Å². The Balaban J connectivity index is 4.38. The van der Waals surface area contributed by atoms with Crippen LogP contribution in [0, 0.1) is 0 Å². The molecule has 0 N–H and O–H groups in total. The second kappa shape index (κ2) is 68.8. The largest absolute Gasteiger partial charge is 0.462 e. The summed E-state index contributed by atoms with van der Waals surface area (Å²) in [7, 11) is 0. The first-order valence-corrected chi connectivity index (χ1v) is 34.7. The minimum atomic E-state index is -0.789. The third-order valence-corrected chi connectivity index (χ3v) is 15.0. The number of unbranched alkanes of at least 4 members (excludes halogenated alkanes) is 36. The molecular formula is C75H130O6. The van der Waals surface area contributed by atoms with Crippen molar-refractivity contribution in [2.24, 2.45) is 0 Å². The Hall–Kier alpha value is -3.67. The maximum atomic E-state index is 13.0. The van der Waals surface area contributed by atoms with E-state index in [4.69, 9.17) is 14.2 Å². The summed E-state index contributed by atoms with van der Waals surface area (Å²) in [5.74, 6) is -0.887. The molecule has 0 rings (SSSR count). The smallest absolute Gasteiger partial charge is 0.306 e. The van der Waals surface area contributed by atoms with E-state index in [2.05, 4.69) is 118 Å². The van der Waals surface area contributed by atoms with Crippen LogP contribution in [0.25, 0.3) is 0 Å². The van der Waals surface area contributed by atoms with Crippen LogP contribution in [0.1, 0.15) is 342 Å². The fourth-order valence-electron chi connectivity index (χ4n) is 9.85. The van der Waals surface area contributed by atoms with Gasteiger partial charge in [-0.2, -0.15) is 0 Å². The quantitative estimate of drug-likeness (QED) is 0.0261. The lowest BCUT2D eigenvalue weighted by Crippen LogP contribution is -2.30. The minimum Gasteiger partial charge on any atom is -0.462 e. The predicted octanol–water partition coefficient (Wildman–Crippen LogP) is 24.0. The van der Waals surface area contributed by atoms with Gasteiger partial charge in [0.25, 0.3) is 0 Å². The summed E-state index contributed by atoms with van der Waals surface area (Å²) >= 11 is 0. The van der Waals surface area contributed by atoms with E-state index in [-0.39, 0.29) is 31.1 Å². The molecule has 0 aliphatic heterocycles. The van der Waals surface area contributed by atoms with Crippen LogP contribution in [0.5, 0.6) is 0 Å². The molecule has 0 saturated carbocycles. The Morgan fingerprint density at radius 2 is 0.481 bits per heavy atom. The highest BCUT2D eigenvalue weighted by Gasteiger charge is 2.19. The van der Waals surface area contributed by atoms with E-state index in [1.807, 2.05) is 0 Å². The van der Waals surface area contributed by atoms with Crippen molar-refractivity contribution in [2.75, 3.05) is 13.2 Å². The first-order chi connectivity index (χ1) is 40.0. The average Bonchev–Trinajstić information content (AvgIpc) is 3.47. The monoisotopic (exact) mass is 1130 g/mol. The summed E-state index contributed by atoms with van der Waals surface area (Å²) in [5.41, 5.74) is 0. The molecule has 0 aliphatic carbocycles. The van der Waals surface area contributed by atoms with E-state index < -0.39 is 6.10 Å². The van der Waals surface area contributed by atoms with Crippen molar-refractivity contribution in [3.05, 3.63) is 97.2 Å². The molecule has 0 bridgehead atoms. The van der Waals surface area contributed by atoms with Gasteiger partial charge in [0.1, 0.15) is 13.2 Å². The van der Waals surface area contributed by atoms with Gasteiger partial charge in [0.2, 0.25) is 0 Å². The molecule has 0 amide bonds. The van der Waals surface area contributed by atoms with Crippen LogP contribution in [0.15, 0.2) is 97.2 Å². The van der Waals surface area contributed by atoms with Gasteiger partial charge in [-0.25, -0.2) is 0 Å². The van der Waals surface area contributed by atoms with Crippen molar-refractivity contribution in [3.63, 3.8) is 0 Å². The molecule has 0 spiro atoms. The van der Waals surface area contributed by atoms with Crippen molar-refractivity contribution in [2.45, 2.75) is 348 Å². The number of hydrogen-bond donors (Lipinski definition) is 0. The molecule has 466 valence electrons. The number of esters is 3. The van der Waals surface area contributed by atoms with Crippen LogP contribution in [0.4, 0.5) is 0 Å². The zero-order chi connectivity index (χ0) is 58.5. The number of carbonyl (C=O) groups is 3. The lowest BCUT2D eigenvalue weighted by Gasteiger charge is -2.18. The molecule has 1 unspecified atom stereocenters. The summed E-state index contributed by atoms with van der Waals surface area (Å²) in [4.78, 5) is 38.5. The van der Waals surface area contributed by atoms with Gasteiger partial charge < -0.3 is 14.2 Å². The van der Waals surface area contributed by atoms with Gasteiger partial charge in [-0.1, -0.05) is 298 Å². The van der Waals surface area contributed by atoms with Gasteiger partial charge in [-0.05, 0) is 122 Å². The first kappa shape index (κ1) is 77.3. The number of ether oxygens (including phenoxy) is 3.